The number of hydrogen-bond donors (Lipinski definition) is 1. The predicted octanol–water partition coefficient (Wildman–Crippen LogP) is 4.76. The van der Waals surface area contributed by atoms with Crippen molar-refractivity contribution in [1.29, 1.82) is 5.41 Å². The molecular weight excluding hydrogens is 354 g/mol. The average Bonchev–Trinajstić information content (AvgIpc) is 2.73. The van der Waals surface area contributed by atoms with Gasteiger partial charge in [0.15, 0.2) is 0 Å². The maximum absolute atomic E-state index is 12.7. The van der Waals surface area contributed by atoms with Gasteiger partial charge in [-0.15, -0.1) is 11.8 Å². The Bertz CT molecular complexity index is 835. The number of nitrogens with zero attached hydrogens (tertiary/aromatic N) is 2. The van der Waals surface area contributed by atoms with Crippen LogP contribution in [0.5, 0.6) is 0 Å². The van der Waals surface area contributed by atoms with E-state index < -0.39 is 0 Å². The smallest absolute Gasteiger partial charge is 0.255 e. The number of aromatic nitrogens is 1. The van der Waals surface area contributed by atoms with Crippen LogP contribution in [0.3, 0.4) is 0 Å². The lowest BCUT2D eigenvalue weighted by atomic mass is 9.86. The summed E-state index contributed by atoms with van der Waals surface area (Å²) in [7, 11) is 0. The number of allylic oxidation sites excluding steroid dienone is 1. The van der Waals surface area contributed by atoms with Crippen LogP contribution in [0.4, 0.5) is 0 Å². The molecule has 0 atom stereocenters. The first-order valence-electron chi connectivity index (χ1n) is 9.13. The quantitative estimate of drug-likeness (QED) is 0.602. The number of thioether (sulfide) groups is 1. The highest BCUT2D eigenvalue weighted by atomic mass is 32.2. The normalized spacial score (nSPS) is 14.8. The molecule has 3 rings (SSSR count). The lowest BCUT2D eigenvalue weighted by Crippen LogP contribution is -2.38. The van der Waals surface area contributed by atoms with Crippen LogP contribution in [0, 0.1) is 11.3 Å². The topological polar surface area (TPSA) is 57.1 Å². The summed E-state index contributed by atoms with van der Waals surface area (Å²) in [5.41, 5.74) is 3.96. The molecule has 2 aromatic rings. The van der Waals surface area contributed by atoms with Gasteiger partial charge in [0.2, 0.25) is 0 Å². The monoisotopic (exact) mass is 379 g/mol. The van der Waals surface area contributed by atoms with E-state index >= 15 is 0 Å². The number of nitrogens with one attached hydrogen (secondary N) is 1. The maximum Gasteiger partial charge on any atom is 0.255 e. The fraction of sp³-hybridized carbons (Fsp3) is 0.318. The molecule has 2 heterocycles. The molecule has 4 nitrogen and oxygen atoms in total. The van der Waals surface area contributed by atoms with E-state index in [4.69, 9.17) is 5.41 Å². The van der Waals surface area contributed by atoms with Crippen LogP contribution in [0.15, 0.2) is 54.1 Å². The Balaban J connectivity index is 1.59. The Kier molecular flexibility index (Phi) is 6.11. The van der Waals surface area contributed by atoms with Crippen LogP contribution in [-0.4, -0.2) is 40.8 Å². The van der Waals surface area contributed by atoms with Crippen LogP contribution < -0.4 is 0 Å². The zero-order valence-electron chi connectivity index (χ0n) is 15.9. The number of piperidine rings is 1. The summed E-state index contributed by atoms with van der Waals surface area (Å²) >= 11 is 1.74. The summed E-state index contributed by atoms with van der Waals surface area (Å²) < 4.78 is 0. The molecule has 0 bridgehead atoms. The van der Waals surface area contributed by atoms with Gasteiger partial charge in [0.25, 0.3) is 5.91 Å². The second kappa shape index (κ2) is 8.53. The van der Waals surface area contributed by atoms with Crippen LogP contribution in [0.25, 0.3) is 5.57 Å². The first kappa shape index (κ1) is 19.4. The van der Waals surface area contributed by atoms with Gasteiger partial charge >= 0.3 is 0 Å². The van der Waals surface area contributed by atoms with Crippen molar-refractivity contribution in [2.75, 3.05) is 19.3 Å². The first-order valence-corrected chi connectivity index (χ1v) is 10.4. The molecule has 1 amide bonds. The van der Waals surface area contributed by atoms with Crippen LogP contribution >= 0.6 is 11.8 Å². The van der Waals surface area contributed by atoms with Crippen LogP contribution in [-0.2, 0) is 0 Å². The van der Waals surface area contributed by atoms with E-state index in [-0.39, 0.29) is 5.91 Å². The molecule has 1 aliphatic heterocycles. The summed E-state index contributed by atoms with van der Waals surface area (Å²) in [6.07, 6.45) is 5.51. The van der Waals surface area contributed by atoms with Crippen molar-refractivity contribution in [3.8, 4) is 0 Å². The van der Waals surface area contributed by atoms with Crippen molar-refractivity contribution in [1.82, 2.24) is 9.88 Å². The van der Waals surface area contributed by atoms with E-state index in [9.17, 15) is 4.79 Å². The highest BCUT2D eigenvalue weighted by Gasteiger charge is 2.25. The van der Waals surface area contributed by atoms with Crippen molar-refractivity contribution < 1.29 is 4.79 Å². The third-order valence-corrected chi connectivity index (χ3v) is 5.87. The average molecular weight is 380 g/mol. The van der Waals surface area contributed by atoms with E-state index in [0.717, 1.165) is 25.9 Å². The molecule has 1 aromatic carbocycles. The molecule has 0 unspecified atom stereocenters. The number of carbonyl (C=O) groups excluding carboxylic acids is 1. The third kappa shape index (κ3) is 4.48. The first-order chi connectivity index (χ1) is 13.0. The molecule has 140 valence electrons. The second-order valence-corrected chi connectivity index (χ2v) is 7.76. The predicted molar refractivity (Wildman–Crippen MR) is 113 cm³/mol. The van der Waals surface area contributed by atoms with Gasteiger partial charge in [0.1, 0.15) is 0 Å². The number of carbonyl (C=O) groups is 1. The molecule has 0 spiro atoms. The van der Waals surface area contributed by atoms with Crippen molar-refractivity contribution in [3.63, 3.8) is 0 Å². The van der Waals surface area contributed by atoms with Gasteiger partial charge in [0.05, 0.1) is 17.0 Å². The van der Waals surface area contributed by atoms with Gasteiger partial charge in [-0.05, 0) is 67.3 Å². The Labute approximate surface area is 165 Å². The van der Waals surface area contributed by atoms with E-state index in [0.29, 0.717) is 22.9 Å². The molecule has 1 N–H and O–H groups in total. The molecule has 1 aliphatic rings. The number of rotatable bonds is 5. The Morgan fingerprint density at radius 2 is 1.78 bits per heavy atom. The Morgan fingerprint density at radius 3 is 2.30 bits per heavy atom. The van der Waals surface area contributed by atoms with Gasteiger partial charge in [-0.2, -0.15) is 0 Å². The molecule has 27 heavy (non-hydrogen) atoms. The Morgan fingerprint density at radius 1 is 1.15 bits per heavy atom. The van der Waals surface area contributed by atoms with Gasteiger partial charge in [-0.25, -0.2) is 0 Å². The number of amides is 1. The number of likely N-dealkylation sites (tertiary alicyclic amines) is 1. The van der Waals surface area contributed by atoms with Crippen molar-refractivity contribution >= 4 is 29.0 Å². The van der Waals surface area contributed by atoms with Gasteiger partial charge in [0, 0.05) is 24.2 Å². The van der Waals surface area contributed by atoms with Crippen molar-refractivity contribution in [2.45, 2.75) is 24.7 Å². The summed E-state index contributed by atoms with van der Waals surface area (Å²) in [6, 6.07) is 12.1. The summed E-state index contributed by atoms with van der Waals surface area (Å²) in [5, 5.41) is 7.60. The number of hydrogen-bond acceptors (Lipinski definition) is 4. The van der Waals surface area contributed by atoms with E-state index in [2.05, 4.69) is 42.1 Å². The Hall–Kier alpha value is -2.40. The van der Waals surface area contributed by atoms with Gasteiger partial charge < -0.3 is 10.3 Å². The minimum atomic E-state index is 0.0186. The van der Waals surface area contributed by atoms with E-state index in [1.54, 1.807) is 37.0 Å². The van der Waals surface area contributed by atoms with Crippen molar-refractivity contribution in [3.05, 3.63) is 66.0 Å². The molecule has 5 heteroatoms. The lowest BCUT2D eigenvalue weighted by Gasteiger charge is -2.33. The third-order valence-electron chi connectivity index (χ3n) is 5.13. The van der Waals surface area contributed by atoms with Crippen LogP contribution in [0.1, 0.15) is 41.4 Å². The summed E-state index contributed by atoms with van der Waals surface area (Å²) in [4.78, 5) is 20.1. The van der Waals surface area contributed by atoms with E-state index in [1.807, 2.05) is 4.90 Å². The zero-order valence-corrected chi connectivity index (χ0v) is 16.7. The van der Waals surface area contributed by atoms with Gasteiger partial charge in [-0.1, -0.05) is 18.7 Å². The van der Waals surface area contributed by atoms with Crippen LogP contribution in [0.2, 0.25) is 0 Å². The number of pyridine rings is 1. The molecule has 1 fully saturated rings. The highest BCUT2D eigenvalue weighted by molar-refractivity contribution is 7.98. The fourth-order valence-corrected chi connectivity index (χ4v) is 3.80. The fourth-order valence-electron chi connectivity index (χ4n) is 3.40. The van der Waals surface area contributed by atoms with E-state index in [1.165, 1.54) is 16.0 Å². The molecule has 0 radical (unpaired) electrons. The van der Waals surface area contributed by atoms with Crippen molar-refractivity contribution in [2.24, 2.45) is 5.92 Å². The molecule has 0 aliphatic carbocycles. The molecule has 1 saturated heterocycles. The minimum absolute atomic E-state index is 0.0186. The maximum atomic E-state index is 12.7. The molecular formula is C22H25N3OS. The highest BCUT2D eigenvalue weighted by Crippen LogP contribution is 2.31. The largest absolute Gasteiger partial charge is 0.339 e. The zero-order chi connectivity index (χ0) is 19.4. The summed E-state index contributed by atoms with van der Waals surface area (Å²) in [6.45, 7) is 7.47. The SMILES string of the molecule is C=C(c1ccc(SC)cc1)C1CCN(C(=O)c2ccc(C(C)=N)nc2)CC1. The lowest BCUT2D eigenvalue weighted by molar-refractivity contribution is 0.0707. The molecule has 1 aromatic heterocycles. The summed E-state index contributed by atoms with van der Waals surface area (Å²) in [5.74, 6) is 0.431. The number of benzene rings is 1. The second-order valence-electron chi connectivity index (χ2n) is 6.88. The van der Waals surface area contributed by atoms with Gasteiger partial charge in [-0.3, -0.25) is 9.78 Å². The molecule has 0 saturated carbocycles. The minimum Gasteiger partial charge on any atom is -0.339 e. The standard InChI is InChI=1S/C22H25N3OS/c1-15(17-4-7-20(27-3)8-5-17)18-10-12-25(13-11-18)22(26)19-6-9-21(16(2)23)24-14-19/h4-9,14,18,23H,1,10-13H2,2-3H3.